The second-order valence-electron chi connectivity index (χ2n) is 6.08. The molecule has 0 aliphatic carbocycles. The molecule has 0 radical (unpaired) electrons. The third-order valence-electron chi connectivity index (χ3n) is 4.52. The molecule has 4 rings (SSSR count). The van der Waals surface area contributed by atoms with Crippen LogP contribution in [-0.2, 0) is 0 Å². The van der Waals surface area contributed by atoms with Gasteiger partial charge in [0.1, 0.15) is 5.75 Å². The van der Waals surface area contributed by atoms with E-state index in [0.29, 0.717) is 0 Å². The number of phenolic OH excluding ortho intramolecular Hbond substituents is 1. The predicted molar refractivity (Wildman–Crippen MR) is 98.6 cm³/mol. The first kappa shape index (κ1) is 15.4. The molecule has 4 aromatic rings. The molecule has 124 valence electrons. The number of aliphatic hydroxyl groups is 1. The topological polar surface area (TPSA) is 69.1 Å². The number of nitrogens with zero attached hydrogens (tertiary/aromatic N) is 1. The second kappa shape index (κ2) is 6.42. The molecule has 2 aromatic heterocycles. The standard InChI is InChI=1S/C21H18N2O2/c24-13-20(14-3-2-7-22-12-14)16-9-15(10-17(25)11-16)18-4-1-5-21-19(18)6-8-23-21/h1-12,20,23-25H,13H2. The molecule has 0 saturated heterocycles. The van der Waals surface area contributed by atoms with Crippen molar-refractivity contribution in [3.8, 4) is 16.9 Å². The highest BCUT2D eigenvalue weighted by molar-refractivity contribution is 5.95. The second-order valence-corrected chi connectivity index (χ2v) is 6.08. The van der Waals surface area contributed by atoms with E-state index < -0.39 is 0 Å². The molecule has 0 amide bonds. The first-order valence-electron chi connectivity index (χ1n) is 8.17. The molecule has 0 bridgehead atoms. The normalized spacial score (nSPS) is 12.4. The van der Waals surface area contributed by atoms with Gasteiger partial charge in [0.05, 0.1) is 6.61 Å². The summed E-state index contributed by atoms with van der Waals surface area (Å²) in [4.78, 5) is 7.35. The van der Waals surface area contributed by atoms with Crippen molar-refractivity contribution in [2.75, 3.05) is 6.61 Å². The monoisotopic (exact) mass is 330 g/mol. The molecule has 4 nitrogen and oxygen atoms in total. The van der Waals surface area contributed by atoms with Gasteiger partial charge in [-0.2, -0.15) is 0 Å². The number of phenols is 1. The van der Waals surface area contributed by atoms with E-state index in [1.807, 2.05) is 48.7 Å². The van der Waals surface area contributed by atoms with E-state index >= 15 is 0 Å². The molecule has 2 heterocycles. The molecule has 1 atom stereocenters. The molecule has 0 saturated carbocycles. The van der Waals surface area contributed by atoms with Gasteiger partial charge < -0.3 is 15.2 Å². The minimum atomic E-state index is -0.232. The Balaban J connectivity index is 1.85. The summed E-state index contributed by atoms with van der Waals surface area (Å²) >= 11 is 0. The van der Waals surface area contributed by atoms with Gasteiger partial charge in [-0.25, -0.2) is 0 Å². The van der Waals surface area contributed by atoms with Crippen LogP contribution in [0.4, 0.5) is 0 Å². The van der Waals surface area contributed by atoms with Crippen LogP contribution in [0.5, 0.6) is 5.75 Å². The lowest BCUT2D eigenvalue weighted by Gasteiger charge is -2.17. The van der Waals surface area contributed by atoms with Crippen LogP contribution < -0.4 is 0 Å². The zero-order chi connectivity index (χ0) is 17.2. The van der Waals surface area contributed by atoms with E-state index in [1.54, 1.807) is 24.5 Å². The molecule has 4 heteroatoms. The SMILES string of the molecule is OCC(c1cccnc1)c1cc(O)cc(-c2cccc3[nH]ccc23)c1. The summed E-state index contributed by atoms with van der Waals surface area (Å²) < 4.78 is 0. The third-order valence-corrected chi connectivity index (χ3v) is 4.52. The highest BCUT2D eigenvalue weighted by Gasteiger charge is 2.16. The summed E-state index contributed by atoms with van der Waals surface area (Å²) in [6.45, 7) is -0.0526. The fourth-order valence-electron chi connectivity index (χ4n) is 3.31. The Morgan fingerprint density at radius 2 is 1.92 bits per heavy atom. The number of fused-ring (bicyclic) bond motifs is 1. The zero-order valence-corrected chi connectivity index (χ0v) is 13.6. The van der Waals surface area contributed by atoms with Crippen LogP contribution in [0.3, 0.4) is 0 Å². The van der Waals surface area contributed by atoms with Gasteiger partial charge in [-0.3, -0.25) is 4.98 Å². The highest BCUT2D eigenvalue weighted by atomic mass is 16.3. The fraction of sp³-hybridized carbons (Fsp3) is 0.0952. The lowest BCUT2D eigenvalue weighted by molar-refractivity contribution is 0.280. The van der Waals surface area contributed by atoms with Crippen molar-refractivity contribution >= 4 is 10.9 Å². The number of pyridine rings is 1. The van der Waals surface area contributed by atoms with E-state index in [1.165, 1.54) is 0 Å². The van der Waals surface area contributed by atoms with Crippen molar-refractivity contribution < 1.29 is 10.2 Å². The van der Waals surface area contributed by atoms with Crippen LogP contribution in [-0.4, -0.2) is 26.8 Å². The number of H-pyrrole nitrogens is 1. The van der Waals surface area contributed by atoms with Gasteiger partial charge in [0.2, 0.25) is 0 Å². The lowest BCUT2D eigenvalue weighted by Crippen LogP contribution is -2.06. The molecular formula is C21H18N2O2. The average molecular weight is 330 g/mol. The first-order chi connectivity index (χ1) is 12.3. The van der Waals surface area contributed by atoms with Crippen LogP contribution in [0.1, 0.15) is 17.0 Å². The molecular weight excluding hydrogens is 312 g/mol. The lowest BCUT2D eigenvalue weighted by atomic mass is 9.90. The summed E-state index contributed by atoms with van der Waals surface area (Å²) in [7, 11) is 0. The van der Waals surface area contributed by atoms with Crippen LogP contribution in [0.2, 0.25) is 0 Å². The Morgan fingerprint density at radius 3 is 2.72 bits per heavy atom. The summed E-state index contributed by atoms with van der Waals surface area (Å²) in [5, 5.41) is 21.3. The van der Waals surface area contributed by atoms with Crippen LogP contribution in [0, 0.1) is 0 Å². The van der Waals surface area contributed by atoms with Gasteiger partial charge in [-0.05, 0) is 52.6 Å². The number of aromatic amines is 1. The molecule has 0 aliphatic rings. The van der Waals surface area contributed by atoms with Crippen molar-refractivity contribution in [3.63, 3.8) is 0 Å². The van der Waals surface area contributed by atoms with Crippen molar-refractivity contribution in [1.29, 1.82) is 0 Å². The Hall–Kier alpha value is -3.11. The number of hydrogen-bond donors (Lipinski definition) is 3. The minimum absolute atomic E-state index is 0.0526. The summed E-state index contributed by atoms with van der Waals surface area (Å²) in [5.74, 6) is -0.0487. The number of nitrogens with one attached hydrogen (secondary N) is 1. The zero-order valence-electron chi connectivity index (χ0n) is 13.6. The fourth-order valence-corrected chi connectivity index (χ4v) is 3.31. The summed E-state index contributed by atoms with van der Waals surface area (Å²) in [6, 6.07) is 17.3. The third kappa shape index (κ3) is 2.88. The van der Waals surface area contributed by atoms with E-state index in [4.69, 9.17) is 0 Å². The van der Waals surface area contributed by atoms with E-state index in [2.05, 4.69) is 9.97 Å². The summed E-state index contributed by atoms with van der Waals surface area (Å²) in [6.07, 6.45) is 5.36. The predicted octanol–water partition coefficient (Wildman–Crippen LogP) is 4.06. The van der Waals surface area contributed by atoms with Crippen molar-refractivity contribution in [1.82, 2.24) is 9.97 Å². The molecule has 0 fully saturated rings. The number of hydrogen-bond acceptors (Lipinski definition) is 3. The maximum Gasteiger partial charge on any atom is 0.116 e. The number of benzene rings is 2. The average Bonchev–Trinajstić information content (AvgIpc) is 3.11. The number of aromatic nitrogens is 2. The Morgan fingerprint density at radius 1 is 1.00 bits per heavy atom. The summed E-state index contributed by atoms with van der Waals surface area (Å²) in [5.41, 5.74) is 4.79. The van der Waals surface area contributed by atoms with Crippen molar-refractivity contribution in [2.24, 2.45) is 0 Å². The van der Waals surface area contributed by atoms with E-state index in [-0.39, 0.29) is 18.3 Å². The number of rotatable bonds is 4. The van der Waals surface area contributed by atoms with Crippen molar-refractivity contribution in [3.05, 3.63) is 84.3 Å². The van der Waals surface area contributed by atoms with Gasteiger partial charge >= 0.3 is 0 Å². The first-order valence-corrected chi connectivity index (χ1v) is 8.17. The molecule has 0 spiro atoms. The molecule has 3 N–H and O–H groups in total. The van der Waals surface area contributed by atoms with Gasteiger partial charge in [-0.15, -0.1) is 0 Å². The van der Waals surface area contributed by atoms with Crippen LogP contribution in [0.15, 0.2) is 73.2 Å². The van der Waals surface area contributed by atoms with Gasteiger partial charge in [0.25, 0.3) is 0 Å². The van der Waals surface area contributed by atoms with Crippen molar-refractivity contribution in [2.45, 2.75) is 5.92 Å². The van der Waals surface area contributed by atoms with E-state index in [9.17, 15) is 10.2 Å². The smallest absolute Gasteiger partial charge is 0.116 e. The van der Waals surface area contributed by atoms with Gasteiger partial charge in [0, 0.05) is 35.4 Å². The molecule has 2 aromatic carbocycles. The van der Waals surface area contributed by atoms with Gasteiger partial charge in [0.15, 0.2) is 0 Å². The molecule has 1 unspecified atom stereocenters. The largest absolute Gasteiger partial charge is 0.508 e. The Kier molecular flexibility index (Phi) is 3.96. The highest BCUT2D eigenvalue weighted by Crippen LogP contribution is 2.34. The number of aliphatic hydroxyl groups excluding tert-OH is 1. The van der Waals surface area contributed by atoms with Gasteiger partial charge in [-0.1, -0.05) is 24.3 Å². The van der Waals surface area contributed by atoms with Crippen LogP contribution >= 0.6 is 0 Å². The quantitative estimate of drug-likeness (QED) is 0.528. The maximum atomic E-state index is 10.3. The number of aromatic hydroxyl groups is 1. The molecule has 25 heavy (non-hydrogen) atoms. The van der Waals surface area contributed by atoms with Crippen LogP contribution in [0.25, 0.3) is 22.0 Å². The Labute approximate surface area is 145 Å². The minimum Gasteiger partial charge on any atom is -0.508 e. The molecule has 0 aliphatic heterocycles. The maximum absolute atomic E-state index is 10.3. The Bertz CT molecular complexity index is 1010. The van der Waals surface area contributed by atoms with E-state index in [0.717, 1.165) is 33.2 Å².